The number of methoxy groups -OCH3 is 2. The Balaban J connectivity index is 2.86. The first-order valence-corrected chi connectivity index (χ1v) is 4.82. The lowest BCUT2D eigenvalue weighted by molar-refractivity contribution is -0.385. The first kappa shape index (κ1) is 12.0. The SMILES string of the molecule is COc1c(C=O)c([N+](=O)[O-])c2c(c1OC)OCO2. The van der Waals surface area contributed by atoms with Gasteiger partial charge in [-0.15, -0.1) is 0 Å². The van der Waals surface area contributed by atoms with Gasteiger partial charge < -0.3 is 18.9 Å². The average Bonchev–Trinajstić information content (AvgIpc) is 2.83. The number of hydrogen-bond donors (Lipinski definition) is 0. The molecule has 0 spiro atoms. The molecule has 8 heteroatoms. The maximum Gasteiger partial charge on any atom is 0.329 e. The lowest BCUT2D eigenvalue weighted by atomic mass is 10.1. The van der Waals surface area contributed by atoms with E-state index in [1.54, 1.807) is 0 Å². The minimum atomic E-state index is -0.723. The number of nitrogens with zero attached hydrogens (tertiary/aromatic N) is 1. The number of nitro benzene ring substituents is 1. The highest BCUT2D eigenvalue weighted by atomic mass is 16.7. The van der Waals surface area contributed by atoms with Crippen molar-refractivity contribution in [3.8, 4) is 23.0 Å². The number of carbonyl (C=O) groups excluding carboxylic acids is 1. The zero-order valence-corrected chi connectivity index (χ0v) is 9.59. The normalized spacial score (nSPS) is 12.1. The highest BCUT2D eigenvalue weighted by molar-refractivity contribution is 5.92. The lowest BCUT2D eigenvalue weighted by Gasteiger charge is -2.12. The molecule has 0 unspecified atom stereocenters. The number of nitro groups is 1. The van der Waals surface area contributed by atoms with Crippen molar-refractivity contribution in [3.05, 3.63) is 15.7 Å². The van der Waals surface area contributed by atoms with Crippen molar-refractivity contribution in [2.45, 2.75) is 0 Å². The van der Waals surface area contributed by atoms with Gasteiger partial charge in [0.1, 0.15) is 5.56 Å². The fraction of sp³-hybridized carbons (Fsp3) is 0.300. The highest BCUT2D eigenvalue weighted by Gasteiger charge is 2.37. The van der Waals surface area contributed by atoms with E-state index in [2.05, 4.69) is 0 Å². The second-order valence-corrected chi connectivity index (χ2v) is 3.27. The Morgan fingerprint density at radius 1 is 1.22 bits per heavy atom. The van der Waals surface area contributed by atoms with E-state index < -0.39 is 10.6 Å². The molecule has 96 valence electrons. The van der Waals surface area contributed by atoms with Gasteiger partial charge in [0.05, 0.1) is 19.1 Å². The Hall–Kier alpha value is -2.51. The van der Waals surface area contributed by atoms with Gasteiger partial charge in [0.2, 0.25) is 24.0 Å². The van der Waals surface area contributed by atoms with Gasteiger partial charge in [0.15, 0.2) is 12.0 Å². The van der Waals surface area contributed by atoms with E-state index >= 15 is 0 Å². The predicted octanol–water partition coefficient (Wildman–Crippen LogP) is 1.15. The summed E-state index contributed by atoms with van der Waals surface area (Å²) in [6.45, 7) is -0.183. The van der Waals surface area contributed by atoms with Crippen LogP contribution in [0.5, 0.6) is 23.0 Å². The van der Waals surface area contributed by atoms with Crippen molar-refractivity contribution in [3.63, 3.8) is 0 Å². The standard InChI is InChI=1S/C10H9NO7/c1-15-7-5(3-12)6(11(13)14)8-10(9(7)16-2)18-4-17-8/h3H,4H2,1-2H3. The van der Waals surface area contributed by atoms with Crippen molar-refractivity contribution < 1.29 is 28.7 Å². The molecule has 0 atom stereocenters. The first-order chi connectivity index (χ1) is 8.65. The van der Waals surface area contributed by atoms with E-state index in [0.717, 1.165) is 0 Å². The highest BCUT2D eigenvalue weighted by Crippen LogP contribution is 2.54. The van der Waals surface area contributed by atoms with Crippen LogP contribution in [-0.4, -0.2) is 32.2 Å². The van der Waals surface area contributed by atoms with Crippen LogP contribution in [0.1, 0.15) is 10.4 Å². The number of carbonyl (C=O) groups is 1. The maximum atomic E-state index is 11.0. The molecule has 0 amide bonds. The molecule has 1 aliphatic heterocycles. The summed E-state index contributed by atoms with van der Waals surface area (Å²) in [5, 5.41) is 11.0. The summed E-state index contributed by atoms with van der Waals surface area (Å²) in [5.41, 5.74) is -0.737. The molecular weight excluding hydrogens is 246 g/mol. The molecule has 0 aliphatic carbocycles. The Bertz CT molecular complexity index is 526. The third-order valence-electron chi connectivity index (χ3n) is 2.45. The lowest BCUT2D eigenvalue weighted by Crippen LogP contribution is -2.02. The van der Waals surface area contributed by atoms with Crippen LogP contribution in [0.3, 0.4) is 0 Å². The van der Waals surface area contributed by atoms with E-state index in [1.807, 2.05) is 0 Å². The summed E-state index contributed by atoms with van der Waals surface area (Å²) in [4.78, 5) is 21.3. The van der Waals surface area contributed by atoms with E-state index in [4.69, 9.17) is 18.9 Å². The monoisotopic (exact) mass is 255 g/mol. The van der Waals surface area contributed by atoms with Crippen LogP contribution in [0.2, 0.25) is 0 Å². The van der Waals surface area contributed by atoms with Crippen molar-refractivity contribution in [1.82, 2.24) is 0 Å². The van der Waals surface area contributed by atoms with Gasteiger partial charge >= 0.3 is 5.69 Å². The molecule has 0 saturated carbocycles. The molecule has 1 aliphatic rings. The van der Waals surface area contributed by atoms with Gasteiger partial charge in [-0.1, -0.05) is 0 Å². The molecule has 1 aromatic rings. The summed E-state index contributed by atoms with van der Waals surface area (Å²) in [7, 11) is 2.61. The number of rotatable bonds is 4. The van der Waals surface area contributed by atoms with Gasteiger partial charge in [-0.05, 0) is 0 Å². The molecule has 1 heterocycles. The fourth-order valence-electron chi connectivity index (χ4n) is 1.76. The first-order valence-electron chi connectivity index (χ1n) is 4.82. The topological polar surface area (TPSA) is 97.1 Å². The smallest absolute Gasteiger partial charge is 0.329 e. The van der Waals surface area contributed by atoms with Crippen LogP contribution in [0, 0.1) is 10.1 Å². The van der Waals surface area contributed by atoms with Gasteiger partial charge in [-0.3, -0.25) is 14.9 Å². The third kappa shape index (κ3) is 1.50. The largest absolute Gasteiger partial charge is 0.492 e. The van der Waals surface area contributed by atoms with Crippen LogP contribution in [-0.2, 0) is 0 Å². The summed E-state index contributed by atoms with van der Waals surface area (Å²) in [6, 6.07) is 0. The molecule has 0 aromatic heterocycles. The second-order valence-electron chi connectivity index (χ2n) is 3.27. The number of benzene rings is 1. The van der Waals surface area contributed by atoms with Crippen LogP contribution in [0.4, 0.5) is 5.69 Å². The minimum Gasteiger partial charge on any atom is -0.492 e. The number of aldehydes is 1. The molecule has 1 aromatic carbocycles. The molecule has 0 bridgehead atoms. The van der Waals surface area contributed by atoms with Crippen LogP contribution >= 0.6 is 0 Å². The molecule has 2 rings (SSSR count). The van der Waals surface area contributed by atoms with Gasteiger partial charge in [-0.2, -0.15) is 0 Å². The zero-order chi connectivity index (χ0) is 13.3. The number of ether oxygens (including phenoxy) is 4. The Kier molecular flexibility index (Phi) is 2.92. The average molecular weight is 255 g/mol. The summed E-state index contributed by atoms with van der Waals surface area (Å²) < 4.78 is 20.1. The van der Waals surface area contributed by atoms with Crippen molar-refractivity contribution >= 4 is 12.0 Å². The van der Waals surface area contributed by atoms with Crippen LogP contribution in [0.25, 0.3) is 0 Å². The van der Waals surface area contributed by atoms with Crippen molar-refractivity contribution in [2.75, 3.05) is 21.0 Å². The van der Waals surface area contributed by atoms with E-state index in [1.165, 1.54) is 14.2 Å². The molecule has 18 heavy (non-hydrogen) atoms. The van der Waals surface area contributed by atoms with E-state index in [0.29, 0.717) is 6.29 Å². The second kappa shape index (κ2) is 4.40. The van der Waals surface area contributed by atoms with Crippen molar-refractivity contribution in [1.29, 1.82) is 0 Å². The quantitative estimate of drug-likeness (QED) is 0.452. The number of fused-ring (bicyclic) bond motifs is 1. The van der Waals surface area contributed by atoms with Gasteiger partial charge in [-0.25, -0.2) is 0 Å². The van der Waals surface area contributed by atoms with Gasteiger partial charge in [0, 0.05) is 0 Å². The minimum absolute atomic E-state index is 0.0524. The summed E-state index contributed by atoms with van der Waals surface area (Å²) in [6.07, 6.45) is 0.321. The predicted molar refractivity (Wildman–Crippen MR) is 57.7 cm³/mol. The Morgan fingerprint density at radius 3 is 2.33 bits per heavy atom. The summed E-state index contributed by atoms with van der Waals surface area (Å²) >= 11 is 0. The zero-order valence-electron chi connectivity index (χ0n) is 9.59. The molecule has 0 radical (unpaired) electrons. The molecular formula is C10H9NO7. The molecule has 8 nitrogen and oxygen atoms in total. The van der Waals surface area contributed by atoms with Crippen LogP contribution < -0.4 is 18.9 Å². The fourth-order valence-corrected chi connectivity index (χ4v) is 1.76. The number of hydrogen-bond acceptors (Lipinski definition) is 7. The van der Waals surface area contributed by atoms with Gasteiger partial charge in [0.25, 0.3) is 0 Å². The molecule has 0 N–H and O–H groups in total. The van der Waals surface area contributed by atoms with E-state index in [9.17, 15) is 14.9 Å². The van der Waals surface area contributed by atoms with Crippen LogP contribution in [0.15, 0.2) is 0 Å². The maximum absolute atomic E-state index is 11.0. The third-order valence-corrected chi connectivity index (χ3v) is 2.45. The molecule has 0 saturated heterocycles. The Morgan fingerprint density at radius 2 is 1.83 bits per heavy atom. The summed E-state index contributed by atoms with van der Waals surface area (Å²) in [5.74, 6) is -0.0208. The molecule has 0 fully saturated rings. The van der Waals surface area contributed by atoms with E-state index in [-0.39, 0.29) is 35.4 Å². The Labute approximate surface area is 101 Å². The van der Waals surface area contributed by atoms with Crippen molar-refractivity contribution in [2.24, 2.45) is 0 Å².